The van der Waals surface area contributed by atoms with E-state index in [-0.39, 0.29) is 5.91 Å². The first-order valence-corrected chi connectivity index (χ1v) is 18.5. The van der Waals surface area contributed by atoms with Crippen LogP contribution in [0.2, 0.25) is 0 Å². The van der Waals surface area contributed by atoms with Gasteiger partial charge in [0.15, 0.2) is 0 Å². The number of nitrogens with one attached hydrogen (secondary N) is 1. The number of nitrogens with zero attached hydrogens (tertiary/aromatic N) is 1. The normalized spacial score (nSPS) is 11.4. The van der Waals surface area contributed by atoms with Crippen LogP contribution in [0, 0.1) is 5.92 Å². The number of anilines is 1. The van der Waals surface area contributed by atoms with Crippen LogP contribution in [0.5, 0.6) is 0 Å². The summed E-state index contributed by atoms with van der Waals surface area (Å²) in [6.07, 6.45) is 26.4. The Balaban J connectivity index is 0. The van der Waals surface area contributed by atoms with E-state index in [4.69, 9.17) is 5.73 Å². The molecular weight excluding hydrogens is 599 g/mol. The Labute approximate surface area is 302 Å². The summed E-state index contributed by atoms with van der Waals surface area (Å²) in [6, 6.07) is 11.6. The van der Waals surface area contributed by atoms with Crippen molar-refractivity contribution in [2.24, 2.45) is 11.7 Å². The van der Waals surface area contributed by atoms with Crippen LogP contribution >= 0.6 is 0 Å². The van der Waals surface area contributed by atoms with Gasteiger partial charge in [0.25, 0.3) is 5.91 Å². The SMILES string of the molecule is C/C=C\N.C=C(C)C(/C=C(\C)c1ccc(NC(=O)c2cc(CC)ccn2)cc1)=C(C)\C=C/C.C=CC(CCC)CCC.CCCCCCC. The molecule has 0 aliphatic heterocycles. The van der Waals surface area contributed by atoms with Crippen LogP contribution in [-0.4, -0.2) is 10.9 Å². The van der Waals surface area contributed by atoms with E-state index in [2.05, 4.69) is 90.2 Å². The van der Waals surface area contributed by atoms with Crippen LogP contribution in [0.15, 0.2) is 109 Å². The molecule has 1 heterocycles. The Hall–Kier alpha value is -3.92. The average molecular weight is 670 g/mol. The zero-order valence-corrected chi connectivity index (χ0v) is 33.0. The number of hydrogen-bond acceptors (Lipinski definition) is 3. The molecule has 4 nitrogen and oxygen atoms in total. The maximum absolute atomic E-state index is 12.5. The Morgan fingerprint density at radius 2 is 1.45 bits per heavy atom. The molecule has 0 aliphatic carbocycles. The van der Waals surface area contributed by atoms with Gasteiger partial charge < -0.3 is 11.1 Å². The van der Waals surface area contributed by atoms with Crippen LogP contribution in [-0.2, 0) is 6.42 Å². The standard InChI is InChI=1S/C26H30N2O.C9H18.C7H16.C3H7N/c1-7-9-19(5)24(18(3)4)16-20(6)22-10-12-23(13-11-22)28-26(29)25-17-21(8-2)14-15-27-25;1-4-7-9(6-3)8-5-2;1-3-5-7-6-4-2;1-2-3-4/h7,9-17H,3,8H2,1-2,4-6H3,(H,28,29);6,9H,3-5,7-8H2,1-2H3;3-7H2,1-2H3;2-3H,4H2,1H3/b9-7-,20-16+,24-19-;;;3-2-. The minimum Gasteiger partial charge on any atom is -0.405 e. The van der Waals surface area contributed by atoms with Crippen molar-refractivity contribution in [1.82, 2.24) is 4.98 Å². The van der Waals surface area contributed by atoms with Gasteiger partial charge in [0.2, 0.25) is 0 Å². The second-order valence-electron chi connectivity index (χ2n) is 12.3. The van der Waals surface area contributed by atoms with Crippen LogP contribution in [0.1, 0.15) is 149 Å². The van der Waals surface area contributed by atoms with Gasteiger partial charge >= 0.3 is 0 Å². The summed E-state index contributed by atoms with van der Waals surface area (Å²) in [7, 11) is 0. The second kappa shape index (κ2) is 31.4. The Morgan fingerprint density at radius 3 is 1.88 bits per heavy atom. The van der Waals surface area contributed by atoms with E-state index in [1.54, 1.807) is 12.3 Å². The molecule has 49 heavy (non-hydrogen) atoms. The molecule has 0 bridgehead atoms. The number of benzene rings is 1. The molecule has 0 saturated carbocycles. The number of aryl methyl sites for hydroxylation is 1. The summed E-state index contributed by atoms with van der Waals surface area (Å²) in [5.74, 6) is 0.579. The molecule has 3 N–H and O–H groups in total. The maximum atomic E-state index is 12.5. The molecule has 2 rings (SSSR count). The topological polar surface area (TPSA) is 68.0 Å². The van der Waals surface area contributed by atoms with E-state index >= 15 is 0 Å². The third-order valence-electron chi connectivity index (χ3n) is 7.78. The van der Waals surface area contributed by atoms with Crippen LogP contribution in [0.25, 0.3) is 5.57 Å². The maximum Gasteiger partial charge on any atom is 0.274 e. The first-order valence-electron chi connectivity index (χ1n) is 18.5. The Kier molecular flexibility index (Phi) is 30.2. The lowest BCUT2D eigenvalue weighted by Crippen LogP contribution is -2.13. The lowest BCUT2D eigenvalue weighted by Gasteiger charge is -2.10. The lowest BCUT2D eigenvalue weighted by molar-refractivity contribution is 0.102. The van der Waals surface area contributed by atoms with Gasteiger partial charge in [-0.25, -0.2) is 0 Å². The number of hydrogen-bond donors (Lipinski definition) is 2. The summed E-state index contributed by atoms with van der Waals surface area (Å²) in [5, 5.41) is 2.92. The van der Waals surface area contributed by atoms with Crippen molar-refractivity contribution in [3.05, 3.63) is 126 Å². The quantitative estimate of drug-likeness (QED) is 0.106. The first kappa shape index (κ1) is 47.2. The van der Waals surface area contributed by atoms with Crippen molar-refractivity contribution in [1.29, 1.82) is 0 Å². The second-order valence-corrected chi connectivity index (χ2v) is 12.3. The number of pyridine rings is 1. The van der Waals surface area contributed by atoms with Crippen molar-refractivity contribution in [3.8, 4) is 0 Å². The van der Waals surface area contributed by atoms with Crippen molar-refractivity contribution >= 4 is 17.2 Å². The summed E-state index contributed by atoms with van der Waals surface area (Å²) in [6.45, 7) is 29.0. The Morgan fingerprint density at radius 1 is 0.878 bits per heavy atom. The molecule has 1 aromatic carbocycles. The molecule has 0 fully saturated rings. The van der Waals surface area contributed by atoms with Gasteiger partial charge in [-0.2, -0.15) is 0 Å². The molecule has 1 aromatic heterocycles. The molecule has 0 spiro atoms. The number of aromatic nitrogens is 1. The van der Waals surface area contributed by atoms with Crippen molar-refractivity contribution in [2.45, 2.75) is 133 Å². The fourth-order valence-electron chi connectivity index (χ4n) is 4.84. The van der Waals surface area contributed by atoms with Crippen molar-refractivity contribution in [2.75, 3.05) is 5.32 Å². The van der Waals surface area contributed by atoms with Gasteiger partial charge in [-0.1, -0.05) is 134 Å². The number of amides is 1. The lowest BCUT2D eigenvalue weighted by atomic mass is 9.97. The Bertz CT molecular complexity index is 1280. The molecule has 0 aliphatic rings. The summed E-state index contributed by atoms with van der Waals surface area (Å²) < 4.78 is 0. The largest absolute Gasteiger partial charge is 0.405 e. The van der Waals surface area contributed by atoms with E-state index in [1.807, 2.05) is 63.2 Å². The summed E-state index contributed by atoms with van der Waals surface area (Å²) >= 11 is 0. The molecule has 4 heteroatoms. The summed E-state index contributed by atoms with van der Waals surface area (Å²) in [5.41, 5.74) is 12.7. The fraction of sp³-hybridized carbons (Fsp3) is 0.467. The van der Waals surface area contributed by atoms with Gasteiger partial charge in [-0.05, 0) is 118 Å². The number of nitrogens with two attached hydrogens (primary N) is 1. The van der Waals surface area contributed by atoms with Gasteiger partial charge in [-0.3, -0.25) is 9.78 Å². The highest BCUT2D eigenvalue weighted by Crippen LogP contribution is 2.24. The van der Waals surface area contributed by atoms with E-state index < -0.39 is 0 Å². The predicted octanol–water partition coefficient (Wildman–Crippen LogP) is 13.6. The first-order chi connectivity index (χ1) is 23.5. The number of rotatable bonds is 16. The van der Waals surface area contributed by atoms with E-state index in [0.29, 0.717) is 5.69 Å². The van der Waals surface area contributed by atoms with Crippen LogP contribution in [0.4, 0.5) is 5.69 Å². The third-order valence-corrected chi connectivity index (χ3v) is 7.78. The number of allylic oxidation sites excluding steroid dienone is 9. The van der Waals surface area contributed by atoms with Crippen LogP contribution < -0.4 is 11.1 Å². The number of carbonyl (C=O) groups excluding carboxylic acids is 1. The monoisotopic (exact) mass is 670 g/mol. The van der Waals surface area contributed by atoms with E-state index in [9.17, 15) is 4.79 Å². The van der Waals surface area contributed by atoms with E-state index in [0.717, 1.165) is 45.9 Å². The highest BCUT2D eigenvalue weighted by molar-refractivity contribution is 6.03. The zero-order chi connectivity index (χ0) is 37.5. The highest BCUT2D eigenvalue weighted by Gasteiger charge is 2.09. The molecule has 272 valence electrons. The van der Waals surface area contributed by atoms with Gasteiger partial charge in [0.1, 0.15) is 5.69 Å². The third kappa shape index (κ3) is 23.1. The number of unbranched alkanes of at least 4 members (excludes halogenated alkanes) is 4. The van der Waals surface area contributed by atoms with Crippen molar-refractivity contribution in [3.63, 3.8) is 0 Å². The average Bonchev–Trinajstić information content (AvgIpc) is 3.11. The van der Waals surface area contributed by atoms with E-state index in [1.165, 1.54) is 69.6 Å². The van der Waals surface area contributed by atoms with Gasteiger partial charge in [-0.15, -0.1) is 6.58 Å². The predicted molar refractivity (Wildman–Crippen MR) is 221 cm³/mol. The minimum absolute atomic E-state index is 0.199. The van der Waals surface area contributed by atoms with Crippen LogP contribution in [0.3, 0.4) is 0 Å². The molecule has 2 aromatic rings. The molecular formula is C45H71N3O. The molecule has 0 radical (unpaired) electrons. The molecule has 0 unspecified atom stereocenters. The molecule has 0 atom stereocenters. The molecule has 1 amide bonds. The summed E-state index contributed by atoms with van der Waals surface area (Å²) in [4.78, 5) is 16.6. The number of carbonyl (C=O) groups is 1. The van der Waals surface area contributed by atoms with Crippen molar-refractivity contribution < 1.29 is 4.79 Å². The van der Waals surface area contributed by atoms with Gasteiger partial charge in [0.05, 0.1) is 0 Å². The zero-order valence-electron chi connectivity index (χ0n) is 33.0. The van der Waals surface area contributed by atoms with Gasteiger partial charge in [0, 0.05) is 11.9 Å². The minimum atomic E-state index is -0.199. The highest BCUT2D eigenvalue weighted by atomic mass is 16.1. The smallest absolute Gasteiger partial charge is 0.274 e. The molecule has 0 saturated heterocycles. The fourth-order valence-corrected chi connectivity index (χ4v) is 4.84.